The van der Waals surface area contributed by atoms with Gasteiger partial charge in [-0.1, -0.05) is 0 Å². The Morgan fingerprint density at radius 1 is 1.63 bits per heavy atom. The maximum Gasteiger partial charge on any atom is 0.344 e. The van der Waals surface area contributed by atoms with Gasteiger partial charge in [0.15, 0.2) is 5.82 Å². The molecule has 0 atom stereocenters. The topological polar surface area (TPSA) is 68.5 Å². The Kier molecular flexibility index (Phi) is 4.43. The Morgan fingerprint density at radius 3 is 2.95 bits per heavy atom. The van der Waals surface area contributed by atoms with Crippen LogP contribution in [0.1, 0.15) is 15.2 Å². The molecule has 8 heteroatoms. The molecule has 2 N–H and O–H groups in total. The number of aromatic nitrogens is 1. The van der Waals surface area contributed by atoms with Crippen molar-refractivity contribution in [2.45, 2.75) is 6.54 Å². The van der Waals surface area contributed by atoms with Crippen molar-refractivity contribution in [1.82, 2.24) is 4.37 Å². The summed E-state index contributed by atoms with van der Waals surface area (Å²) in [5.74, 6) is -0.244. The van der Waals surface area contributed by atoms with Crippen LogP contribution in [0.3, 0.4) is 0 Å². The van der Waals surface area contributed by atoms with Crippen LogP contribution < -0.4 is 10.6 Å². The Balaban J connectivity index is 2.24. The zero-order valence-electron chi connectivity index (χ0n) is 10.3. The van der Waals surface area contributed by atoms with E-state index in [2.05, 4.69) is 20.3 Å². The number of nitrogens with zero attached hydrogens (tertiary/aromatic N) is 2. The van der Waals surface area contributed by atoms with Gasteiger partial charge in [0.25, 0.3) is 0 Å². The van der Waals surface area contributed by atoms with Gasteiger partial charge in [-0.25, -0.2) is 4.79 Å². The summed E-state index contributed by atoms with van der Waals surface area (Å²) < 4.78 is 9.81. The summed E-state index contributed by atoms with van der Waals surface area (Å²) in [4.78, 5) is 14.8. The van der Waals surface area contributed by atoms with Crippen molar-refractivity contribution in [1.29, 1.82) is 0 Å². The van der Waals surface area contributed by atoms with E-state index in [-0.39, 0.29) is 5.82 Å². The van der Waals surface area contributed by atoms with Gasteiger partial charge in [-0.2, -0.15) is 4.37 Å². The van der Waals surface area contributed by atoms with E-state index in [0.29, 0.717) is 17.1 Å². The lowest BCUT2D eigenvalue weighted by atomic mass is 10.3. The maximum atomic E-state index is 11.7. The molecule has 0 bridgehead atoms. The summed E-state index contributed by atoms with van der Waals surface area (Å²) in [5, 5.41) is 2.74. The summed E-state index contributed by atoms with van der Waals surface area (Å²) in [6.45, 7) is 0.682. The summed E-state index contributed by atoms with van der Waals surface area (Å²) in [6, 6.07) is 2.05. The number of carbonyl (C=O) groups excluding carboxylic acids is 1. The molecule has 0 aliphatic carbocycles. The molecule has 2 heterocycles. The van der Waals surface area contributed by atoms with E-state index >= 15 is 0 Å². The standard InChI is InChI=1S/C11H12BrN3O2S2/c1-15(4-7-3-6(12)5-18-7)10-8(11(16)17-2)9(13)14-19-10/h3,5H,4H2,1-2H3,(H2,13,14). The number of halogens is 1. The van der Waals surface area contributed by atoms with E-state index in [1.807, 2.05) is 23.4 Å². The number of nitrogens with two attached hydrogens (primary N) is 1. The second kappa shape index (κ2) is 5.89. The van der Waals surface area contributed by atoms with E-state index in [0.717, 1.165) is 4.47 Å². The third-order valence-corrected chi connectivity index (χ3v) is 5.11. The van der Waals surface area contributed by atoms with E-state index in [1.54, 1.807) is 11.3 Å². The molecule has 0 spiro atoms. The van der Waals surface area contributed by atoms with Gasteiger partial charge in [0.05, 0.1) is 13.7 Å². The average Bonchev–Trinajstić information content (AvgIpc) is 2.94. The molecule has 0 amide bonds. The van der Waals surface area contributed by atoms with Crippen LogP contribution in [0.25, 0.3) is 0 Å². The third-order valence-electron chi connectivity index (χ3n) is 2.45. The highest BCUT2D eigenvalue weighted by Gasteiger charge is 2.22. The van der Waals surface area contributed by atoms with Gasteiger partial charge in [0, 0.05) is 21.8 Å². The average molecular weight is 362 g/mol. The first-order chi connectivity index (χ1) is 9.02. The van der Waals surface area contributed by atoms with Gasteiger partial charge in [-0.3, -0.25) is 0 Å². The van der Waals surface area contributed by atoms with Crippen molar-refractivity contribution in [3.63, 3.8) is 0 Å². The number of hydrogen-bond donors (Lipinski definition) is 1. The van der Waals surface area contributed by atoms with Gasteiger partial charge in [0.1, 0.15) is 10.6 Å². The molecule has 5 nitrogen and oxygen atoms in total. The molecule has 2 aromatic rings. The van der Waals surface area contributed by atoms with Crippen LogP contribution in [0, 0.1) is 0 Å². The van der Waals surface area contributed by atoms with Crippen LogP contribution in [0.15, 0.2) is 15.9 Å². The minimum absolute atomic E-state index is 0.214. The first-order valence-corrected chi connectivity index (χ1v) is 7.75. The molecular weight excluding hydrogens is 350 g/mol. The number of rotatable bonds is 4. The third kappa shape index (κ3) is 3.07. The first kappa shape index (κ1) is 14.3. The Morgan fingerprint density at radius 2 is 2.37 bits per heavy atom. The number of hydrogen-bond acceptors (Lipinski definition) is 7. The molecule has 0 saturated heterocycles. The highest BCUT2D eigenvalue weighted by Crippen LogP contribution is 2.32. The fourth-order valence-electron chi connectivity index (χ4n) is 1.59. The van der Waals surface area contributed by atoms with Crippen molar-refractivity contribution >= 4 is 55.6 Å². The Bertz CT molecular complexity index is 597. The number of methoxy groups -OCH3 is 1. The molecule has 0 radical (unpaired) electrons. The molecule has 0 aromatic carbocycles. The highest BCUT2D eigenvalue weighted by molar-refractivity contribution is 9.10. The Labute approximate surface area is 127 Å². The van der Waals surface area contributed by atoms with Crippen molar-refractivity contribution < 1.29 is 9.53 Å². The predicted octanol–water partition coefficient (Wildman–Crippen LogP) is 2.97. The monoisotopic (exact) mass is 361 g/mol. The van der Waals surface area contributed by atoms with Crippen molar-refractivity contribution in [3.8, 4) is 0 Å². The van der Waals surface area contributed by atoms with E-state index in [1.165, 1.54) is 23.5 Å². The SMILES string of the molecule is COC(=O)c1c(N)nsc1N(C)Cc1cc(Br)cs1. The molecule has 102 valence electrons. The van der Waals surface area contributed by atoms with Gasteiger partial charge >= 0.3 is 5.97 Å². The minimum atomic E-state index is -0.458. The second-order valence-corrected chi connectivity index (χ2v) is 6.49. The van der Waals surface area contributed by atoms with E-state index in [9.17, 15) is 4.79 Å². The largest absolute Gasteiger partial charge is 0.465 e. The lowest BCUT2D eigenvalue weighted by Crippen LogP contribution is -2.18. The predicted molar refractivity (Wildman–Crippen MR) is 82.0 cm³/mol. The molecule has 0 aliphatic rings. The summed E-state index contributed by atoms with van der Waals surface area (Å²) in [5.41, 5.74) is 6.06. The second-order valence-electron chi connectivity index (χ2n) is 3.83. The quantitative estimate of drug-likeness (QED) is 0.847. The van der Waals surface area contributed by atoms with Crippen LogP contribution >= 0.6 is 38.8 Å². The number of carbonyl (C=O) groups is 1. The molecule has 0 aliphatic heterocycles. The van der Waals surface area contributed by atoms with Gasteiger partial charge in [-0.05, 0) is 33.5 Å². The van der Waals surface area contributed by atoms with Gasteiger partial charge in [-0.15, -0.1) is 11.3 Å². The van der Waals surface area contributed by atoms with Gasteiger partial charge < -0.3 is 15.4 Å². The smallest absolute Gasteiger partial charge is 0.344 e. The lowest BCUT2D eigenvalue weighted by Gasteiger charge is -2.16. The zero-order valence-corrected chi connectivity index (χ0v) is 13.6. The summed E-state index contributed by atoms with van der Waals surface area (Å²) in [7, 11) is 3.23. The molecule has 0 fully saturated rings. The number of esters is 1. The van der Waals surface area contributed by atoms with Crippen molar-refractivity contribution in [2.75, 3.05) is 24.8 Å². The van der Waals surface area contributed by atoms with E-state index in [4.69, 9.17) is 10.5 Å². The van der Waals surface area contributed by atoms with Crippen LogP contribution in [0.2, 0.25) is 0 Å². The van der Waals surface area contributed by atoms with Crippen molar-refractivity contribution in [2.24, 2.45) is 0 Å². The zero-order chi connectivity index (χ0) is 14.0. The Hall–Kier alpha value is -1.12. The van der Waals surface area contributed by atoms with Crippen LogP contribution in [0.4, 0.5) is 10.8 Å². The molecule has 2 rings (SSSR count). The molecular formula is C11H12BrN3O2S2. The number of ether oxygens (including phenoxy) is 1. The highest BCUT2D eigenvalue weighted by atomic mass is 79.9. The van der Waals surface area contributed by atoms with E-state index < -0.39 is 5.97 Å². The number of nitrogen functional groups attached to an aromatic ring is 1. The molecule has 2 aromatic heterocycles. The van der Waals surface area contributed by atoms with Crippen LogP contribution in [-0.2, 0) is 11.3 Å². The molecule has 19 heavy (non-hydrogen) atoms. The van der Waals surface area contributed by atoms with Crippen LogP contribution in [-0.4, -0.2) is 24.5 Å². The fourth-order valence-corrected chi connectivity index (χ4v) is 3.85. The molecule has 0 saturated carbocycles. The molecule has 0 unspecified atom stereocenters. The number of anilines is 2. The minimum Gasteiger partial charge on any atom is -0.465 e. The summed E-state index contributed by atoms with van der Waals surface area (Å²) >= 11 is 6.26. The normalized spacial score (nSPS) is 10.5. The first-order valence-electron chi connectivity index (χ1n) is 5.30. The lowest BCUT2D eigenvalue weighted by molar-refractivity contribution is 0.0603. The fraction of sp³-hybridized carbons (Fsp3) is 0.273. The maximum absolute atomic E-state index is 11.7. The summed E-state index contributed by atoms with van der Waals surface area (Å²) in [6.07, 6.45) is 0. The van der Waals surface area contributed by atoms with Crippen LogP contribution in [0.5, 0.6) is 0 Å². The van der Waals surface area contributed by atoms with Crippen molar-refractivity contribution in [3.05, 3.63) is 26.4 Å². The van der Waals surface area contributed by atoms with Gasteiger partial charge in [0.2, 0.25) is 0 Å². The number of thiophene rings is 1.